The molecule has 2 aliphatic rings. The van der Waals surface area contributed by atoms with Gasteiger partial charge in [-0.3, -0.25) is 9.59 Å². The van der Waals surface area contributed by atoms with Crippen molar-refractivity contribution in [2.75, 3.05) is 6.54 Å². The number of hydrogen-bond donors (Lipinski definition) is 2. The highest BCUT2D eigenvalue weighted by molar-refractivity contribution is 6.31. The van der Waals surface area contributed by atoms with Crippen molar-refractivity contribution in [2.24, 2.45) is 5.10 Å². The second-order valence-electron chi connectivity index (χ2n) is 9.43. The van der Waals surface area contributed by atoms with E-state index in [1.54, 1.807) is 24.3 Å². The zero-order valence-electron chi connectivity index (χ0n) is 20.5. The minimum Gasteiger partial charge on any atom is -0.444 e. The first-order chi connectivity index (χ1) is 18.9. The lowest BCUT2D eigenvalue weighted by molar-refractivity contribution is -0.134. The summed E-state index contributed by atoms with van der Waals surface area (Å²) >= 11 is 12.3. The molecule has 2 unspecified atom stereocenters. The van der Waals surface area contributed by atoms with E-state index in [9.17, 15) is 14.4 Å². The van der Waals surface area contributed by atoms with Gasteiger partial charge in [0.05, 0.1) is 30.3 Å². The molecule has 8 nitrogen and oxygen atoms in total. The van der Waals surface area contributed by atoms with Crippen LogP contribution in [0, 0.1) is 0 Å². The molecule has 1 saturated heterocycles. The normalized spacial score (nSPS) is 18.7. The molecule has 2 amide bonds. The molecule has 6 rings (SSSR count). The van der Waals surface area contributed by atoms with Crippen LogP contribution in [0.4, 0.5) is 4.79 Å². The molecule has 10 heteroatoms. The summed E-state index contributed by atoms with van der Waals surface area (Å²) in [5.41, 5.74) is 3.57. The van der Waals surface area contributed by atoms with Gasteiger partial charge in [0.1, 0.15) is 6.10 Å². The number of cyclic esters (lactones) is 1. The number of H-pyrrole nitrogens is 1. The fourth-order valence-electron chi connectivity index (χ4n) is 5.10. The number of alkyl carbamates (subject to hydrolysis) is 1. The lowest BCUT2D eigenvalue weighted by atomic mass is 9.91. The van der Waals surface area contributed by atoms with Gasteiger partial charge >= 0.3 is 6.09 Å². The molecule has 4 aromatic rings. The molecule has 2 aliphatic heterocycles. The predicted molar refractivity (Wildman–Crippen MR) is 150 cm³/mol. The van der Waals surface area contributed by atoms with Crippen molar-refractivity contribution in [1.29, 1.82) is 0 Å². The largest absolute Gasteiger partial charge is 0.444 e. The molecule has 2 N–H and O–H groups in total. The molecule has 1 aromatic heterocycles. The number of para-hydroxylation sites is 1. The molecular formula is C29H22Cl2N4O4. The van der Waals surface area contributed by atoms with Gasteiger partial charge in [-0.15, -0.1) is 0 Å². The number of carbonyl (C=O) groups excluding carboxylic acids is 2. The number of nitrogens with one attached hydrogen (secondary N) is 2. The van der Waals surface area contributed by atoms with E-state index in [4.69, 9.17) is 33.0 Å². The number of fused-ring (bicyclic) bond motifs is 1. The van der Waals surface area contributed by atoms with Crippen LogP contribution < -0.4 is 10.9 Å². The summed E-state index contributed by atoms with van der Waals surface area (Å²) in [5, 5.41) is 10.7. The maximum atomic E-state index is 13.6. The number of aromatic amines is 1. The minimum atomic E-state index is -0.594. The van der Waals surface area contributed by atoms with Crippen LogP contribution in [0.3, 0.4) is 0 Å². The number of aromatic nitrogens is 1. The van der Waals surface area contributed by atoms with Crippen molar-refractivity contribution in [1.82, 2.24) is 15.3 Å². The van der Waals surface area contributed by atoms with Crippen LogP contribution in [-0.2, 0) is 9.53 Å². The second kappa shape index (κ2) is 10.2. The van der Waals surface area contributed by atoms with Crippen molar-refractivity contribution in [2.45, 2.75) is 25.0 Å². The molecule has 0 bridgehead atoms. The maximum absolute atomic E-state index is 13.6. The van der Waals surface area contributed by atoms with Crippen LogP contribution >= 0.6 is 23.2 Å². The number of pyridine rings is 1. The molecule has 0 spiro atoms. The summed E-state index contributed by atoms with van der Waals surface area (Å²) in [6.45, 7) is 0.242. The fraction of sp³-hybridized carbons (Fsp3) is 0.172. The van der Waals surface area contributed by atoms with Gasteiger partial charge < -0.3 is 15.0 Å². The summed E-state index contributed by atoms with van der Waals surface area (Å²) in [4.78, 5) is 41.6. The Labute approximate surface area is 233 Å². The third-order valence-electron chi connectivity index (χ3n) is 6.91. The number of benzene rings is 3. The van der Waals surface area contributed by atoms with Crippen LogP contribution in [0.2, 0.25) is 10.0 Å². The van der Waals surface area contributed by atoms with E-state index in [1.807, 2.05) is 48.5 Å². The topological polar surface area (TPSA) is 104 Å². The molecule has 3 aromatic carbocycles. The number of ether oxygens (including phenoxy) is 1. The highest BCUT2D eigenvalue weighted by Crippen LogP contribution is 2.38. The van der Waals surface area contributed by atoms with Gasteiger partial charge in [-0.2, -0.15) is 5.10 Å². The van der Waals surface area contributed by atoms with E-state index in [0.717, 1.165) is 16.5 Å². The zero-order valence-corrected chi connectivity index (χ0v) is 22.0. The number of halogens is 2. The number of hydrazone groups is 1. The SMILES string of the molecule is O=C1NCC(CC(=O)N2N=C(c3c(-c4ccc(Cl)cc4)c4ccccc4[nH]c3=O)CC2c2ccc(Cl)cc2)O1. The van der Waals surface area contributed by atoms with Crippen molar-refractivity contribution in [3.8, 4) is 11.1 Å². The van der Waals surface area contributed by atoms with Crippen LogP contribution in [0.1, 0.15) is 30.0 Å². The minimum absolute atomic E-state index is 0.0439. The first-order valence-corrected chi connectivity index (χ1v) is 13.1. The average molecular weight is 561 g/mol. The molecule has 1 fully saturated rings. The highest BCUT2D eigenvalue weighted by atomic mass is 35.5. The van der Waals surface area contributed by atoms with Crippen molar-refractivity contribution in [3.05, 3.63) is 104 Å². The Bertz CT molecular complexity index is 1680. The van der Waals surface area contributed by atoms with E-state index >= 15 is 0 Å². The van der Waals surface area contributed by atoms with Crippen molar-refractivity contribution in [3.63, 3.8) is 0 Å². The van der Waals surface area contributed by atoms with E-state index in [1.165, 1.54) is 5.01 Å². The number of carbonyl (C=O) groups is 2. The third-order valence-corrected chi connectivity index (χ3v) is 7.42. The van der Waals surface area contributed by atoms with Crippen molar-refractivity contribution >= 4 is 51.8 Å². The molecule has 2 atom stereocenters. The average Bonchev–Trinajstić information content (AvgIpc) is 3.55. The van der Waals surface area contributed by atoms with Gasteiger partial charge in [0.2, 0.25) is 5.91 Å². The van der Waals surface area contributed by atoms with Gasteiger partial charge in [-0.05, 0) is 41.5 Å². The monoisotopic (exact) mass is 560 g/mol. The Balaban J connectivity index is 1.48. The summed E-state index contributed by atoms with van der Waals surface area (Å²) in [6.07, 6.45) is -0.887. The fourth-order valence-corrected chi connectivity index (χ4v) is 5.36. The summed E-state index contributed by atoms with van der Waals surface area (Å²) in [7, 11) is 0. The summed E-state index contributed by atoms with van der Waals surface area (Å²) < 4.78 is 5.18. The number of amides is 2. The first kappa shape index (κ1) is 25.2. The highest BCUT2D eigenvalue weighted by Gasteiger charge is 2.37. The molecular weight excluding hydrogens is 539 g/mol. The smallest absolute Gasteiger partial charge is 0.407 e. The molecule has 0 saturated carbocycles. The number of hydrogen-bond acceptors (Lipinski definition) is 5. The summed E-state index contributed by atoms with van der Waals surface area (Å²) in [5.74, 6) is -0.322. The predicted octanol–water partition coefficient (Wildman–Crippen LogP) is 5.68. The van der Waals surface area contributed by atoms with E-state index in [-0.39, 0.29) is 24.4 Å². The van der Waals surface area contributed by atoms with Gasteiger partial charge in [-0.25, -0.2) is 9.80 Å². The number of rotatable bonds is 5. The molecule has 196 valence electrons. The van der Waals surface area contributed by atoms with E-state index in [2.05, 4.69) is 10.3 Å². The lowest BCUT2D eigenvalue weighted by Crippen LogP contribution is -2.31. The Hall–Kier alpha value is -4.14. The number of nitrogens with zero attached hydrogens (tertiary/aromatic N) is 2. The zero-order chi connectivity index (χ0) is 27.1. The van der Waals surface area contributed by atoms with Crippen LogP contribution in [0.15, 0.2) is 82.7 Å². The molecule has 3 heterocycles. The lowest BCUT2D eigenvalue weighted by Gasteiger charge is -2.23. The Morgan fingerprint density at radius 3 is 2.33 bits per heavy atom. The van der Waals surface area contributed by atoms with Gasteiger partial charge in [0.15, 0.2) is 0 Å². The second-order valence-corrected chi connectivity index (χ2v) is 10.3. The molecule has 39 heavy (non-hydrogen) atoms. The van der Waals surface area contributed by atoms with Crippen LogP contribution in [0.25, 0.3) is 22.0 Å². The Morgan fingerprint density at radius 1 is 0.949 bits per heavy atom. The Kier molecular flexibility index (Phi) is 6.58. The molecule has 0 aliphatic carbocycles. The van der Waals surface area contributed by atoms with Gasteiger partial charge in [0.25, 0.3) is 5.56 Å². The molecule has 0 radical (unpaired) electrons. The third kappa shape index (κ3) is 4.89. The first-order valence-electron chi connectivity index (χ1n) is 12.4. The van der Waals surface area contributed by atoms with Gasteiger partial charge in [-0.1, -0.05) is 65.7 Å². The maximum Gasteiger partial charge on any atom is 0.407 e. The van der Waals surface area contributed by atoms with Gasteiger partial charge in [0, 0.05) is 32.9 Å². The van der Waals surface area contributed by atoms with Crippen LogP contribution in [-0.4, -0.2) is 40.4 Å². The van der Waals surface area contributed by atoms with Crippen LogP contribution in [0.5, 0.6) is 0 Å². The summed E-state index contributed by atoms with van der Waals surface area (Å²) in [6, 6.07) is 21.5. The van der Waals surface area contributed by atoms with E-state index in [0.29, 0.717) is 38.8 Å². The van der Waals surface area contributed by atoms with Crippen molar-refractivity contribution < 1.29 is 14.3 Å². The quantitative estimate of drug-likeness (QED) is 0.327. The standard InChI is InChI=1S/C29H22Cl2N4O4/c30-18-9-5-16(6-10-18)24-14-23(34-35(24)25(36)13-20-15-32-29(38)39-20)27-26(17-7-11-19(31)12-8-17)21-3-1-2-4-22(21)33-28(27)37/h1-12,20,24H,13-15H2,(H,32,38)(H,33,37). The van der Waals surface area contributed by atoms with E-state index < -0.39 is 18.2 Å². The Morgan fingerprint density at radius 2 is 1.64 bits per heavy atom.